The fourth-order valence-electron chi connectivity index (χ4n) is 2.92. The molecule has 18 heteroatoms. The van der Waals surface area contributed by atoms with Crippen molar-refractivity contribution in [2.75, 3.05) is 0 Å². The Labute approximate surface area is 220 Å². The molecule has 0 atom stereocenters. The average Bonchev–Trinajstić information content (AvgIpc) is 2.82. The van der Waals surface area contributed by atoms with Crippen molar-refractivity contribution < 1.29 is 74.6 Å². The van der Waals surface area contributed by atoms with Crippen molar-refractivity contribution >= 4 is 28.1 Å². The van der Waals surface area contributed by atoms with E-state index in [1.54, 1.807) is 12.1 Å². The Morgan fingerprint density at radius 1 is 0.400 bits per heavy atom. The molecule has 0 spiro atoms. The van der Waals surface area contributed by atoms with Gasteiger partial charge in [0, 0.05) is 10.0 Å². The normalized spacial score (nSPS) is 15.2. The van der Waals surface area contributed by atoms with Gasteiger partial charge in [0.2, 0.25) is 0 Å². The van der Waals surface area contributed by atoms with Crippen LogP contribution in [0.4, 0.5) is 74.6 Å². The molecule has 2 rings (SSSR count). The monoisotopic (exact) mass is 676 g/mol. The number of hydrogen-bond acceptors (Lipinski definition) is 0. The minimum absolute atomic E-state index is 0.0616. The molecule has 0 aliphatic heterocycles. The second-order valence-corrected chi connectivity index (χ2v) is 8.94. The van der Waals surface area contributed by atoms with E-state index in [0.29, 0.717) is 22.2 Å². The first kappa shape index (κ1) is 33.7. The zero-order valence-electron chi connectivity index (χ0n) is 18.6. The molecular weight excluding hydrogens is 667 g/mol. The first-order chi connectivity index (χ1) is 17.7. The summed E-state index contributed by atoms with van der Waals surface area (Å²) in [5.74, 6) is -56.6. The quantitative estimate of drug-likeness (QED) is 0.183. The summed E-state index contributed by atoms with van der Waals surface area (Å²) in [6.45, 7) is 0. The Balaban J connectivity index is 2.49. The molecule has 0 nitrogen and oxygen atoms in total. The largest absolute Gasteiger partial charge is 0.460 e. The molecule has 0 saturated heterocycles. The molecule has 0 N–H and O–H groups in total. The highest BCUT2D eigenvalue weighted by Gasteiger charge is 2.95. The third-order valence-electron chi connectivity index (χ3n) is 5.33. The fraction of sp³-hybridized carbons (Fsp3) is 0.364. The second kappa shape index (κ2) is 10.1. The van der Waals surface area contributed by atoms with E-state index in [1.807, 2.05) is 0 Å². The van der Waals surface area contributed by atoms with Crippen LogP contribution in [-0.4, -0.2) is 41.7 Å². The zero-order valence-corrected chi connectivity index (χ0v) is 20.2. The standard InChI is InChI=1S/C22H10BrF17/c23-14-9-5-12(6-10-14)2-1-11-3-7-13(8-4-11)15(24,25)16(26,27)17(28,29)18(30,31)19(32,33)20(34,35)21(36,37)22(38,39)40/h1-10H/b2-1+. The van der Waals surface area contributed by atoms with Gasteiger partial charge >= 0.3 is 47.6 Å². The molecule has 0 aliphatic carbocycles. The predicted octanol–water partition coefficient (Wildman–Crippen LogP) is 10.1. The lowest BCUT2D eigenvalue weighted by Gasteiger charge is -2.42. The summed E-state index contributed by atoms with van der Waals surface area (Å²) in [5.41, 5.74) is -1.85. The van der Waals surface area contributed by atoms with Crippen LogP contribution in [0, 0.1) is 0 Å². The molecule has 0 radical (unpaired) electrons. The summed E-state index contributed by atoms with van der Waals surface area (Å²) < 4.78 is 229. The van der Waals surface area contributed by atoms with Gasteiger partial charge in [0.25, 0.3) is 0 Å². The first-order valence-corrected chi connectivity index (χ1v) is 10.7. The molecule has 2 aromatic carbocycles. The Morgan fingerprint density at radius 2 is 0.700 bits per heavy atom. The highest BCUT2D eigenvalue weighted by atomic mass is 79.9. The van der Waals surface area contributed by atoms with Crippen molar-refractivity contribution in [2.45, 2.75) is 47.6 Å². The predicted molar refractivity (Wildman–Crippen MR) is 109 cm³/mol. The second-order valence-electron chi connectivity index (χ2n) is 8.03. The zero-order chi connectivity index (χ0) is 31.4. The summed E-state index contributed by atoms with van der Waals surface area (Å²) >= 11 is 3.13. The molecule has 0 saturated carbocycles. The van der Waals surface area contributed by atoms with E-state index in [4.69, 9.17) is 0 Å². The summed E-state index contributed by atoms with van der Waals surface area (Å²) in [5, 5.41) is 0. The Bertz CT molecular complexity index is 1210. The van der Waals surface area contributed by atoms with Crippen LogP contribution < -0.4 is 0 Å². The maximum absolute atomic E-state index is 14.3. The minimum atomic E-state index is -8.65. The molecule has 0 heterocycles. The van der Waals surface area contributed by atoms with Crippen LogP contribution in [0.15, 0.2) is 53.0 Å². The first-order valence-electron chi connectivity index (χ1n) is 9.96. The van der Waals surface area contributed by atoms with E-state index >= 15 is 0 Å². The maximum atomic E-state index is 14.3. The number of alkyl halides is 17. The van der Waals surface area contributed by atoms with Crippen molar-refractivity contribution in [1.29, 1.82) is 0 Å². The lowest BCUT2D eigenvalue weighted by molar-refractivity contribution is -0.462. The van der Waals surface area contributed by atoms with Crippen molar-refractivity contribution in [2.24, 2.45) is 0 Å². The Hall–Kier alpha value is -2.53. The van der Waals surface area contributed by atoms with Gasteiger partial charge in [0.1, 0.15) is 0 Å². The van der Waals surface area contributed by atoms with Crippen LogP contribution >= 0.6 is 15.9 Å². The van der Waals surface area contributed by atoms with Crippen LogP contribution in [0.25, 0.3) is 12.2 Å². The van der Waals surface area contributed by atoms with E-state index in [1.165, 1.54) is 18.2 Å². The molecule has 0 fully saturated rings. The van der Waals surface area contributed by atoms with Gasteiger partial charge in [0.05, 0.1) is 0 Å². The van der Waals surface area contributed by atoms with E-state index in [-0.39, 0.29) is 17.7 Å². The van der Waals surface area contributed by atoms with E-state index < -0.39 is 53.2 Å². The van der Waals surface area contributed by atoms with Gasteiger partial charge in [-0.05, 0) is 23.3 Å². The minimum Gasteiger partial charge on any atom is -0.194 e. The molecule has 2 aromatic rings. The average molecular weight is 677 g/mol. The van der Waals surface area contributed by atoms with E-state index in [2.05, 4.69) is 15.9 Å². The number of hydrogen-bond donors (Lipinski definition) is 0. The molecule has 0 unspecified atom stereocenters. The Morgan fingerprint density at radius 3 is 1.05 bits per heavy atom. The van der Waals surface area contributed by atoms with Gasteiger partial charge < -0.3 is 0 Å². The van der Waals surface area contributed by atoms with Crippen LogP contribution in [0.2, 0.25) is 0 Å². The maximum Gasteiger partial charge on any atom is 0.460 e. The van der Waals surface area contributed by atoms with E-state index in [0.717, 1.165) is 6.08 Å². The SMILES string of the molecule is FC(F)(F)C(F)(F)C(F)(F)C(F)(F)C(F)(F)C(F)(F)C(F)(F)C(F)(F)c1ccc(/C=C/c2ccc(Br)cc2)cc1. The van der Waals surface area contributed by atoms with Crippen LogP contribution in [0.1, 0.15) is 16.7 Å². The summed E-state index contributed by atoms with van der Waals surface area (Å²) in [7, 11) is 0. The highest BCUT2D eigenvalue weighted by Crippen LogP contribution is 2.65. The van der Waals surface area contributed by atoms with E-state index in [9.17, 15) is 74.6 Å². The number of halogens is 18. The highest BCUT2D eigenvalue weighted by molar-refractivity contribution is 9.10. The smallest absolute Gasteiger partial charge is 0.194 e. The third-order valence-corrected chi connectivity index (χ3v) is 5.86. The van der Waals surface area contributed by atoms with Crippen molar-refractivity contribution in [3.05, 3.63) is 69.7 Å². The van der Waals surface area contributed by atoms with Crippen LogP contribution in [0.5, 0.6) is 0 Å². The van der Waals surface area contributed by atoms with Gasteiger partial charge in [0.15, 0.2) is 0 Å². The summed E-state index contributed by atoms with van der Waals surface area (Å²) in [6.07, 6.45) is -5.29. The fourth-order valence-corrected chi connectivity index (χ4v) is 3.18. The number of benzene rings is 2. The number of rotatable bonds is 9. The molecule has 0 bridgehead atoms. The molecule has 0 aliphatic rings. The lowest BCUT2D eigenvalue weighted by atomic mass is 9.87. The van der Waals surface area contributed by atoms with Crippen LogP contribution in [-0.2, 0) is 5.92 Å². The molecular formula is C22H10BrF17. The summed E-state index contributed by atoms with van der Waals surface area (Å²) in [6, 6.07) is 7.18. The summed E-state index contributed by atoms with van der Waals surface area (Å²) in [4.78, 5) is 0. The molecule has 40 heavy (non-hydrogen) atoms. The van der Waals surface area contributed by atoms with Gasteiger partial charge in [-0.25, -0.2) is 0 Å². The molecule has 0 amide bonds. The van der Waals surface area contributed by atoms with Gasteiger partial charge in [-0.3, -0.25) is 0 Å². The van der Waals surface area contributed by atoms with Gasteiger partial charge in [-0.1, -0.05) is 64.5 Å². The van der Waals surface area contributed by atoms with Gasteiger partial charge in [-0.15, -0.1) is 0 Å². The molecule has 0 aromatic heterocycles. The van der Waals surface area contributed by atoms with Crippen LogP contribution in [0.3, 0.4) is 0 Å². The molecule has 224 valence electrons. The third kappa shape index (κ3) is 5.04. The lowest BCUT2D eigenvalue weighted by Crippen LogP contribution is -2.74. The topological polar surface area (TPSA) is 0 Å². The van der Waals surface area contributed by atoms with Gasteiger partial charge in [-0.2, -0.15) is 74.6 Å². The van der Waals surface area contributed by atoms with Crippen molar-refractivity contribution in [1.82, 2.24) is 0 Å². The Kier molecular flexibility index (Phi) is 8.49. The van der Waals surface area contributed by atoms with Crippen molar-refractivity contribution in [3.63, 3.8) is 0 Å². The van der Waals surface area contributed by atoms with Crippen molar-refractivity contribution in [3.8, 4) is 0 Å².